The zero-order valence-electron chi connectivity index (χ0n) is 11.9. The molecule has 0 radical (unpaired) electrons. The summed E-state index contributed by atoms with van der Waals surface area (Å²) in [5.74, 6) is 0.541. The Labute approximate surface area is 119 Å². The van der Waals surface area contributed by atoms with Gasteiger partial charge in [0, 0.05) is 24.2 Å². The fourth-order valence-electron chi connectivity index (χ4n) is 2.62. The standard InChI is InChI=1S/C16H21N3O/c1-2-14-13(15-7-3-4-11-19(15)18-14)6-5-10-17-16(20)12-8-9-12/h3-4,7,11-12H,2,5-6,8-10H2,1H3,(H,17,20). The van der Waals surface area contributed by atoms with Gasteiger partial charge < -0.3 is 5.32 Å². The van der Waals surface area contributed by atoms with Crippen LogP contribution in [0.5, 0.6) is 0 Å². The predicted molar refractivity (Wildman–Crippen MR) is 78.6 cm³/mol. The third-order valence-electron chi connectivity index (χ3n) is 3.91. The van der Waals surface area contributed by atoms with Crippen molar-refractivity contribution in [1.29, 1.82) is 0 Å². The van der Waals surface area contributed by atoms with E-state index in [1.54, 1.807) is 0 Å². The third-order valence-corrected chi connectivity index (χ3v) is 3.91. The second kappa shape index (κ2) is 5.65. The number of fused-ring (bicyclic) bond motifs is 1. The Kier molecular flexibility index (Phi) is 3.72. The van der Waals surface area contributed by atoms with Crippen LogP contribution in [-0.4, -0.2) is 22.1 Å². The first-order valence-electron chi connectivity index (χ1n) is 7.52. The molecular weight excluding hydrogens is 250 g/mol. The van der Waals surface area contributed by atoms with E-state index in [9.17, 15) is 4.79 Å². The van der Waals surface area contributed by atoms with E-state index in [2.05, 4.69) is 29.5 Å². The van der Waals surface area contributed by atoms with Crippen molar-refractivity contribution in [2.45, 2.75) is 39.0 Å². The maximum absolute atomic E-state index is 11.6. The number of nitrogens with zero attached hydrogens (tertiary/aromatic N) is 2. The second-order valence-corrected chi connectivity index (χ2v) is 5.48. The average molecular weight is 271 g/mol. The Bertz CT molecular complexity index is 613. The molecule has 2 aromatic rings. The van der Waals surface area contributed by atoms with E-state index in [1.165, 1.54) is 16.8 Å². The summed E-state index contributed by atoms with van der Waals surface area (Å²) in [6.07, 6.45) is 7.03. The van der Waals surface area contributed by atoms with Gasteiger partial charge in [0.1, 0.15) is 0 Å². The van der Waals surface area contributed by atoms with Crippen LogP contribution in [-0.2, 0) is 17.6 Å². The number of hydrogen-bond donors (Lipinski definition) is 1. The van der Waals surface area contributed by atoms with Crippen molar-refractivity contribution in [3.8, 4) is 0 Å². The second-order valence-electron chi connectivity index (χ2n) is 5.48. The van der Waals surface area contributed by atoms with Crippen molar-refractivity contribution in [1.82, 2.24) is 14.9 Å². The molecule has 2 aromatic heterocycles. The lowest BCUT2D eigenvalue weighted by Gasteiger charge is -2.04. The van der Waals surface area contributed by atoms with E-state index in [0.29, 0.717) is 5.92 Å². The molecule has 20 heavy (non-hydrogen) atoms. The van der Waals surface area contributed by atoms with Crippen LogP contribution in [0.4, 0.5) is 0 Å². The number of nitrogens with one attached hydrogen (secondary N) is 1. The molecule has 1 amide bonds. The molecule has 0 aromatic carbocycles. The van der Waals surface area contributed by atoms with Gasteiger partial charge >= 0.3 is 0 Å². The van der Waals surface area contributed by atoms with Crippen molar-refractivity contribution >= 4 is 11.4 Å². The number of carbonyl (C=O) groups excluding carboxylic acids is 1. The largest absolute Gasteiger partial charge is 0.356 e. The number of hydrogen-bond acceptors (Lipinski definition) is 2. The zero-order chi connectivity index (χ0) is 13.9. The van der Waals surface area contributed by atoms with Crippen molar-refractivity contribution in [3.05, 3.63) is 35.7 Å². The molecular formula is C16H21N3O. The van der Waals surface area contributed by atoms with Crippen LogP contribution in [0.2, 0.25) is 0 Å². The van der Waals surface area contributed by atoms with Gasteiger partial charge in [0.05, 0.1) is 11.2 Å². The van der Waals surface area contributed by atoms with Gasteiger partial charge in [0.25, 0.3) is 0 Å². The molecule has 1 aliphatic carbocycles. The minimum atomic E-state index is 0.237. The van der Waals surface area contributed by atoms with E-state index >= 15 is 0 Å². The number of pyridine rings is 1. The van der Waals surface area contributed by atoms with E-state index in [-0.39, 0.29) is 5.91 Å². The molecule has 0 unspecified atom stereocenters. The van der Waals surface area contributed by atoms with Gasteiger partial charge in [-0.2, -0.15) is 5.10 Å². The molecule has 0 saturated heterocycles. The smallest absolute Gasteiger partial charge is 0.223 e. The number of rotatable bonds is 6. The maximum Gasteiger partial charge on any atom is 0.223 e. The van der Waals surface area contributed by atoms with Gasteiger partial charge in [0.15, 0.2) is 0 Å². The molecule has 1 N–H and O–H groups in total. The summed E-state index contributed by atoms with van der Waals surface area (Å²) >= 11 is 0. The molecule has 1 saturated carbocycles. The van der Waals surface area contributed by atoms with Gasteiger partial charge in [-0.3, -0.25) is 4.79 Å². The summed E-state index contributed by atoms with van der Waals surface area (Å²) in [7, 11) is 0. The Morgan fingerprint density at radius 2 is 2.30 bits per heavy atom. The van der Waals surface area contributed by atoms with Crippen molar-refractivity contribution in [2.75, 3.05) is 6.54 Å². The normalized spacial score (nSPS) is 14.7. The number of aryl methyl sites for hydroxylation is 2. The number of amides is 1. The van der Waals surface area contributed by atoms with Gasteiger partial charge in [-0.1, -0.05) is 13.0 Å². The van der Waals surface area contributed by atoms with Crippen LogP contribution in [0.3, 0.4) is 0 Å². The first kappa shape index (κ1) is 13.2. The lowest BCUT2D eigenvalue weighted by molar-refractivity contribution is -0.122. The third kappa shape index (κ3) is 2.69. The van der Waals surface area contributed by atoms with Gasteiger partial charge in [-0.25, -0.2) is 4.52 Å². The highest BCUT2D eigenvalue weighted by Crippen LogP contribution is 2.28. The molecule has 2 heterocycles. The molecule has 106 valence electrons. The highest BCUT2D eigenvalue weighted by molar-refractivity contribution is 5.80. The molecule has 4 heteroatoms. The number of aromatic nitrogens is 2. The monoisotopic (exact) mass is 271 g/mol. The molecule has 1 fully saturated rings. The van der Waals surface area contributed by atoms with Crippen LogP contribution in [0.25, 0.3) is 5.52 Å². The lowest BCUT2D eigenvalue weighted by atomic mass is 10.1. The zero-order valence-corrected chi connectivity index (χ0v) is 11.9. The molecule has 3 rings (SSSR count). The van der Waals surface area contributed by atoms with Crippen LogP contribution >= 0.6 is 0 Å². The summed E-state index contributed by atoms with van der Waals surface area (Å²) in [6, 6.07) is 6.16. The SMILES string of the molecule is CCc1nn2ccccc2c1CCCNC(=O)C1CC1. The highest BCUT2D eigenvalue weighted by Gasteiger charge is 2.28. The molecule has 0 aliphatic heterocycles. The first-order chi connectivity index (χ1) is 9.79. The van der Waals surface area contributed by atoms with Crippen molar-refractivity contribution in [2.24, 2.45) is 5.92 Å². The van der Waals surface area contributed by atoms with Crippen LogP contribution in [0.15, 0.2) is 24.4 Å². The Morgan fingerprint density at radius 1 is 1.45 bits per heavy atom. The summed E-state index contributed by atoms with van der Waals surface area (Å²) < 4.78 is 1.96. The van der Waals surface area contributed by atoms with E-state index in [4.69, 9.17) is 0 Å². The Balaban J connectivity index is 1.62. The van der Waals surface area contributed by atoms with Crippen molar-refractivity contribution in [3.63, 3.8) is 0 Å². The van der Waals surface area contributed by atoms with Gasteiger partial charge in [-0.15, -0.1) is 0 Å². The molecule has 0 atom stereocenters. The van der Waals surface area contributed by atoms with Crippen LogP contribution in [0.1, 0.15) is 37.4 Å². The minimum Gasteiger partial charge on any atom is -0.356 e. The van der Waals surface area contributed by atoms with E-state index in [1.807, 2.05) is 16.8 Å². The van der Waals surface area contributed by atoms with E-state index < -0.39 is 0 Å². The molecule has 4 nitrogen and oxygen atoms in total. The fraction of sp³-hybridized carbons (Fsp3) is 0.500. The van der Waals surface area contributed by atoms with Gasteiger partial charge in [0.2, 0.25) is 5.91 Å². The maximum atomic E-state index is 11.6. The van der Waals surface area contributed by atoms with Gasteiger partial charge in [-0.05, 0) is 44.2 Å². The summed E-state index contributed by atoms with van der Waals surface area (Å²) in [6.45, 7) is 2.91. The Morgan fingerprint density at radius 3 is 3.05 bits per heavy atom. The quantitative estimate of drug-likeness (QED) is 0.820. The minimum absolute atomic E-state index is 0.237. The molecule has 0 bridgehead atoms. The molecule has 0 spiro atoms. The summed E-state index contributed by atoms with van der Waals surface area (Å²) in [5, 5.41) is 7.64. The Hall–Kier alpha value is -1.84. The topological polar surface area (TPSA) is 46.4 Å². The van der Waals surface area contributed by atoms with Crippen LogP contribution < -0.4 is 5.32 Å². The predicted octanol–water partition coefficient (Wildman–Crippen LogP) is 2.36. The summed E-state index contributed by atoms with van der Waals surface area (Å²) in [5.41, 5.74) is 3.69. The lowest BCUT2D eigenvalue weighted by Crippen LogP contribution is -2.26. The fourth-order valence-corrected chi connectivity index (χ4v) is 2.62. The average Bonchev–Trinajstić information content (AvgIpc) is 3.26. The van der Waals surface area contributed by atoms with Crippen LogP contribution in [0, 0.1) is 5.92 Å². The summed E-state index contributed by atoms with van der Waals surface area (Å²) in [4.78, 5) is 11.6. The van der Waals surface area contributed by atoms with E-state index in [0.717, 1.165) is 38.6 Å². The van der Waals surface area contributed by atoms with Crippen molar-refractivity contribution < 1.29 is 4.79 Å². The first-order valence-corrected chi connectivity index (χ1v) is 7.52. The molecule has 1 aliphatic rings. The highest BCUT2D eigenvalue weighted by atomic mass is 16.2. The number of carbonyl (C=O) groups is 1.